The number of non-ortho nitro benzene ring substituents is 1. The van der Waals surface area contributed by atoms with Crippen molar-refractivity contribution in [3.63, 3.8) is 0 Å². The molecule has 0 radical (unpaired) electrons. The van der Waals surface area contributed by atoms with Gasteiger partial charge in [0, 0.05) is 24.2 Å². The molecular weight excluding hydrogens is 286 g/mol. The van der Waals surface area contributed by atoms with Crippen LogP contribution in [0.5, 0.6) is 5.75 Å². The molecule has 112 valence electrons. The molecule has 1 rings (SSSR count). The maximum atomic E-state index is 12.3. The Labute approximate surface area is 117 Å². The molecule has 0 aliphatic heterocycles. The van der Waals surface area contributed by atoms with E-state index in [1.807, 2.05) is 0 Å². The maximum absolute atomic E-state index is 12.3. The van der Waals surface area contributed by atoms with Crippen LogP contribution in [0.25, 0.3) is 0 Å². The van der Waals surface area contributed by atoms with Gasteiger partial charge in [-0.25, -0.2) is 13.1 Å². The normalized spacial score (nSPS) is 12.2. The number of ether oxygens (including phenoxy) is 1. The fourth-order valence-electron chi connectivity index (χ4n) is 1.45. The van der Waals surface area contributed by atoms with Crippen LogP contribution < -0.4 is 15.2 Å². The first-order valence-electron chi connectivity index (χ1n) is 5.69. The number of nitrogens with one attached hydrogen (secondary N) is 1. The summed E-state index contributed by atoms with van der Waals surface area (Å²) in [6.07, 6.45) is 0. The summed E-state index contributed by atoms with van der Waals surface area (Å²) >= 11 is 0. The molecule has 0 saturated heterocycles. The first-order valence-corrected chi connectivity index (χ1v) is 7.18. The third-order valence-electron chi connectivity index (χ3n) is 2.57. The van der Waals surface area contributed by atoms with Crippen LogP contribution >= 0.6 is 0 Å². The lowest BCUT2D eigenvalue weighted by molar-refractivity contribution is -0.385. The largest absolute Gasteiger partial charge is 0.495 e. The standard InChI is InChI=1S/C11H17N3O5S/c1-11(2,7-12)13-20(17,18)10-6-8(14(15)16)4-5-9(10)19-3/h4-6,13H,7,12H2,1-3H3. The van der Waals surface area contributed by atoms with E-state index in [2.05, 4.69) is 4.72 Å². The molecule has 1 aromatic rings. The molecule has 8 nitrogen and oxygen atoms in total. The van der Waals surface area contributed by atoms with E-state index in [0.717, 1.165) is 6.07 Å². The Morgan fingerprint density at radius 2 is 2.05 bits per heavy atom. The van der Waals surface area contributed by atoms with E-state index in [1.54, 1.807) is 13.8 Å². The number of sulfonamides is 1. The summed E-state index contributed by atoms with van der Waals surface area (Å²) in [5.74, 6) is 0.0240. The van der Waals surface area contributed by atoms with Crippen molar-refractivity contribution in [2.24, 2.45) is 5.73 Å². The Bertz CT molecular complexity index is 612. The van der Waals surface area contributed by atoms with Crippen LogP contribution in [0.1, 0.15) is 13.8 Å². The van der Waals surface area contributed by atoms with Gasteiger partial charge in [0.1, 0.15) is 10.6 Å². The van der Waals surface area contributed by atoms with Gasteiger partial charge in [0.25, 0.3) is 5.69 Å². The van der Waals surface area contributed by atoms with Crippen molar-refractivity contribution < 1.29 is 18.1 Å². The van der Waals surface area contributed by atoms with Crippen molar-refractivity contribution in [3.05, 3.63) is 28.3 Å². The van der Waals surface area contributed by atoms with E-state index in [-0.39, 0.29) is 22.9 Å². The minimum Gasteiger partial charge on any atom is -0.495 e. The fourth-order valence-corrected chi connectivity index (χ4v) is 3.06. The van der Waals surface area contributed by atoms with E-state index >= 15 is 0 Å². The van der Waals surface area contributed by atoms with Crippen LogP contribution in [-0.2, 0) is 10.0 Å². The molecule has 0 saturated carbocycles. The first kappa shape index (κ1) is 16.3. The Kier molecular flexibility index (Phi) is 4.69. The fraction of sp³-hybridized carbons (Fsp3) is 0.455. The van der Waals surface area contributed by atoms with E-state index in [9.17, 15) is 18.5 Å². The van der Waals surface area contributed by atoms with Gasteiger partial charge in [-0.15, -0.1) is 0 Å². The van der Waals surface area contributed by atoms with Gasteiger partial charge < -0.3 is 10.5 Å². The summed E-state index contributed by atoms with van der Waals surface area (Å²) in [4.78, 5) is 9.78. The molecule has 0 unspecified atom stereocenters. The molecule has 0 fully saturated rings. The van der Waals surface area contributed by atoms with Crippen LogP contribution in [0.2, 0.25) is 0 Å². The van der Waals surface area contributed by atoms with Crippen LogP contribution in [0.4, 0.5) is 5.69 Å². The summed E-state index contributed by atoms with van der Waals surface area (Å²) in [5.41, 5.74) is 4.26. The SMILES string of the molecule is COc1ccc([N+](=O)[O-])cc1S(=O)(=O)NC(C)(C)CN. The van der Waals surface area contributed by atoms with Gasteiger partial charge in [0.05, 0.1) is 12.0 Å². The highest BCUT2D eigenvalue weighted by Crippen LogP contribution is 2.28. The predicted molar refractivity (Wildman–Crippen MR) is 73.1 cm³/mol. The molecule has 9 heteroatoms. The number of nitrogens with zero attached hydrogens (tertiary/aromatic N) is 1. The lowest BCUT2D eigenvalue weighted by Gasteiger charge is -2.24. The number of hydrogen-bond acceptors (Lipinski definition) is 6. The molecular formula is C11H17N3O5S. The smallest absolute Gasteiger partial charge is 0.271 e. The minimum atomic E-state index is -3.99. The molecule has 0 spiro atoms. The summed E-state index contributed by atoms with van der Waals surface area (Å²) in [6, 6.07) is 3.36. The van der Waals surface area contributed by atoms with Crippen molar-refractivity contribution in [1.82, 2.24) is 4.72 Å². The van der Waals surface area contributed by atoms with Gasteiger partial charge in [-0.1, -0.05) is 0 Å². The second-order valence-corrected chi connectivity index (χ2v) is 6.44. The lowest BCUT2D eigenvalue weighted by atomic mass is 10.1. The first-order chi connectivity index (χ1) is 9.13. The highest BCUT2D eigenvalue weighted by Gasteiger charge is 2.29. The van der Waals surface area contributed by atoms with Crippen LogP contribution in [-0.4, -0.2) is 32.5 Å². The molecule has 0 aliphatic carbocycles. The number of nitro benzene ring substituents is 1. The molecule has 0 atom stereocenters. The molecule has 20 heavy (non-hydrogen) atoms. The molecule has 0 bridgehead atoms. The molecule has 0 aromatic heterocycles. The maximum Gasteiger partial charge on any atom is 0.271 e. The highest BCUT2D eigenvalue weighted by molar-refractivity contribution is 7.89. The predicted octanol–water partition coefficient (Wildman–Crippen LogP) is 0.619. The summed E-state index contributed by atoms with van der Waals surface area (Å²) < 4.78 is 31.9. The number of benzene rings is 1. The highest BCUT2D eigenvalue weighted by atomic mass is 32.2. The molecule has 3 N–H and O–H groups in total. The zero-order valence-corrected chi connectivity index (χ0v) is 12.2. The Morgan fingerprint density at radius 1 is 1.45 bits per heavy atom. The quantitative estimate of drug-likeness (QED) is 0.586. The zero-order chi connectivity index (χ0) is 15.6. The molecule has 1 aromatic carbocycles. The second-order valence-electron chi connectivity index (χ2n) is 4.79. The monoisotopic (exact) mass is 303 g/mol. The van der Waals surface area contributed by atoms with E-state index in [4.69, 9.17) is 10.5 Å². The van der Waals surface area contributed by atoms with Gasteiger partial charge in [-0.3, -0.25) is 10.1 Å². The Morgan fingerprint density at radius 3 is 2.50 bits per heavy atom. The van der Waals surface area contributed by atoms with Gasteiger partial charge in [-0.2, -0.15) is 0 Å². The average Bonchev–Trinajstić information content (AvgIpc) is 2.36. The van der Waals surface area contributed by atoms with Crippen LogP contribution in [0, 0.1) is 10.1 Å². The summed E-state index contributed by atoms with van der Waals surface area (Å²) in [7, 11) is -2.70. The van der Waals surface area contributed by atoms with E-state index in [0.29, 0.717) is 0 Å². The Balaban J connectivity index is 3.36. The minimum absolute atomic E-state index is 0.0240. The van der Waals surface area contributed by atoms with Gasteiger partial charge in [0.15, 0.2) is 0 Å². The van der Waals surface area contributed by atoms with Gasteiger partial charge in [-0.05, 0) is 19.9 Å². The molecule has 0 heterocycles. The second kappa shape index (κ2) is 5.73. The summed E-state index contributed by atoms with van der Waals surface area (Å²) in [5, 5.41) is 10.8. The molecule has 0 aliphatic rings. The summed E-state index contributed by atoms with van der Waals surface area (Å²) in [6.45, 7) is 3.28. The average molecular weight is 303 g/mol. The topological polar surface area (TPSA) is 125 Å². The van der Waals surface area contributed by atoms with Gasteiger partial charge in [0.2, 0.25) is 10.0 Å². The number of methoxy groups -OCH3 is 1. The van der Waals surface area contributed by atoms with Crippen LogP contribution in [0.3, 0.4) is 0 Å². The van der Waals surface area contributed by atoms with Crippen molar-refractivity contribution in [2.75, 3.05) is 13.7 Å². The number of rotatable bonds is 6. The van der Waals surface area contributed by atoms with Crippen molar-refractivity contribution in [1.29, 1.82) is 0 Å². The molecule has 0 amide bonds. The van der Waals surface area contributed by atoms with Gasteiger partial charge >= 0.3 is 0 Å². The zero-order valence-electron chi connectivity index (χ0n) is 11.4. The third kappa shape index (κ3) is 3.65. The van der Waals surface area contributed by atoms with Crippen LogP contribution in [0.15, 0.2) is 23.1 Å². The van der Waals surface area contributed by atoms with Crippen molar-refractivity contribution in [3.8, 4) is 5.75 Å². The number of hydrogen-bond donors (Lipinski definition) is 2. The Hall–Kier alpha value is -1.71. The lowest BCUT2D eigenvalue weighted by Crippen LogP contribution is -2.48. The number of nitro groups is 1. The van der Waals surface area contributed by atoms with E-state index in [1.165, 1.54) is 19.2 Å². The van der Waals surface area contributed by atoms with Crippen molar-refractivity contribution in [2.45, 2.75) is 24.3 Å². The van der Waals surface area contributed by atoms with Crippen molar-refractivity contribution >= 4 is 15.7 Å². The third-order valence-corrected chi connectivity index (χ3v) is 4.29. The van der Waals surface area contributed by atoms with E-state index < -0.39 is 20.5 Å². The number of nitrogens with two attached hydrogens (primary N) is 1.